The van der Waals surface area contributed by atoms with Crippen LogP contribution in [0.4, 0.5) is 0 Å². The number of aliphatic hydroxyl groups is 3. The number of carbonyl (C=O) groups is 2. The first-order chi connectivity index (χ1) is 14.3. The standard InChI is InChI=1S/C21H24O5.C3H8.C2H6/c1-20(2,25)18(23)15-9-5-13(6-10-15)17(22)14-7-11-16(12-8-14)19(24)21(3,4)26;1-3-2;1-2/h5-12,17,22,25-26H,1-4H3;3H2,1-2H3;1-2H3. The summed E-state index contributed by atoms with van der Waals surface area (Å²) in [5.74, 6) is -0.791. The Morgan fingerprint density at radius 3 is 1.13 bits per heavy atom. The number of carbonyl (C=O) groups excluding carboxylic acids is 2. The third-order valence-electron chi connectivity index (χ3n) is 4.09. The molecule has 0 atom stereocenters. The Labute approximate surface area is 186 Å². The minimum atomic E-state index is -1.46. The van der Waals surface area contributed by atoms with E-state index in [2.05, 4.69) is 13.8 Å². The zero-order valence-corrected chi connectivity index (χ0v) is 20.1. The zero-order valence-electron chi connectivity index (χ0n) is 20.1. The molecule has 2 aromatic rings. The molecule has 5 heteroatoms. The largest absolute Gasteiger partial charge is 0.384 e. The third-order valence-corrected chi connectivity index (χ3v) is 4.09. The van der Waals surface area contributed by atoms with E-state index in [1.807, 2.05) is 13.8 Å². The molecule has 0 spiro atoms. The number of aliphatic hydroxyl groups excluding tert-OH is 1. The van der Waals surface area contributed by atoms with Gasteiger partial charge in [0, 0.05) is 11.1 Å². The van der Waals surface area contributed by atoms with Crippen molar-refractivity contribution in [2.45, 2.75) is 79.1 Å². The summed E-state index contributed by atoms with van der Waals surface area (Å²) in [6, 6.07) is 12.7. The fourth-order valence-electron chi connectivity index (χ4n) is 2.53. The smallest absolute Gasteiger partial charge is 0.193 e. The maximum atomic E-state index is 12.0. The molecule has 0 heterocycles. The quantitative estimate of drug-likeness (QED) is 0.553. The number of hydrogen-bond donors (Lipinski definition) is 3. The van der Waals surface area contributed by atoms with Crippen LogP contribution in [0, 0.1) is 0 Å². The summed E-state index contributed by atoms with van der Waals surface area (Å²) in [5, 5.41) is 30.1. The number of Topliss-reactive ketones (excluding diaryl/α,β-unsaturated/α-hetero) is 2. The number of rotatable bonds is 6. The second-order valence-electron chi connectivity index (χ2n) is 8.13. The maximum absolute atomic E-state index is 12.0. The molecule has 5 nitrogen and oxygen atoms in total. The molecule has 0 saturated carbocycles. The van der Waals surface area contributed by atoms with Gasteiger partial charge in [-0.25, -0.2) is 0 Å². The molecule has 0 aliphatic heterocycles. The third kappa shape index (κ3) is 8.74. The van der Waals surface area contributed by atoms with Crippen molar-refractivity contribution in [1.82, 2.24) is 0 Å². The van der Waals surface area contributed by atoms with E-state index in [4.69, 9.17) is 0 Å². The van der Waals surface area contributed by atoms with Crippen LogP contribution in [0.2, 0.25) is 0 Å². The summed E-state index contributed by atoms with van der Waals surface area (Å²) in [4.78, 5) is 24.1. The molecule has 0 fully saturated rings. The average molecular weight is 431 g/mol. The van der Waals surface area contributed by atoms with Gasteiger partial charge in [0.05, 0.1) is 0 Å². The molecule has 0 aliphatic rings. The van der Waals surface area contributed by atoms with Gasteiger partial charge in [-0.2, -0.15) is 0 Å². The van der Waals surface area contributed by atoms with Gasteiger partial charge in [-0.05, 0) is 38.8 Å². The van der Waals surface area contributed by atoms with Crippen molar-refractivity contribution in [3.8, 4) is 0 Å². The highest BCUT2D eigenvalue weighted by molar-refractivity contribution is 6.02. The van der Waals surface area contributed by atoms with Crippen molar-refractivity contribution < 1.29 is 24.9 Å². The molecule has 0 aromatic heterocycles. The van der Waals surface area contributed by atoms with Crippen LogP contribution in [0.1, 0.15) is 99.8 Å². The monoisotopic (exact) mass is 430 g/mol. The first-order valence-electron chi connectivity index (χ1n) is 10.7. The predicted octanol–water partition coefficient (Wildman–Crippen LogP) is 5.12. The van der Waals surface area contributed by atoms with Gasteiger partial charge in [0.15, 0.2) is 11.6 Å². The van der Waals surface area contributed by atoms with Crippen LogP contribution in [-0.2, 0) is 0 Å². The molecule has 3 N–H and O–H groups in total. The Morgan fingerprint density at radius 1 is 0.710 bits per heavy atom. The Hall–Kier alpha value is -2.34. The van der Waals surface area contributed by atoms with Crippen molar-refractivity contribution in [1.29, 1.82) is 0 Å². The minimum absolute atomic E-state index is 0.361. The number of benzene rings is 2. The molecule has 0 bridgehead atoms. The summed E-state index contributed by atoms with van der Waals surface area (Å²) >= 11 is 0. The molecule has 2 aromatic carbocycles. The fourth-order valence-corrected chi connectivity index (χ4v) is 2.53. The van der Waals surface area contributed by atoms with Gasteiger partial charge in [0.1, 0.15) is 17.3 Å². The van der Waals surface area contributed by atoms with Crippen LogP contribution in [0.5, 0.6) is 0 Å². The SMILES string of the molecule is CC.CC(C)(O)C(=O)c1ccc(C(O)c2ccc(C(=O)C(C)(C)O)cc2)cc1.CCC. The van der Waals surface area contributed by atoms with Crippen molar-refractivity contribution >= 4 is 11.6 Å². The summed E-state index contributed by atoms with van der Waals surface area (Å²) in [7, 11) is 0. The van der Waals surface area contributed by atoms with Gasteiger partial charge in [-0.15, -0.1) is 0 Å². The Morgan fingerprint density at radius 2 is 0.935 bits per heavy atom. The second-order valence-corrected chi connectivity index (χ2v) is 8.13. The van der Waals surface area contributed by atoms with Crippen LogP contribution in [0.25, 0.3) is 0 Å². The lowest BCUT2D eigenvalue weighted by atomic mass is 9.93. The minimum Gasteiger partial charge on any atom is -0.384 e. The van der Waals surface area contributed by atoms with Crippen LogP contribution in [0.15, 0.2) is 48.5 Å². The van der Waals surface area contributed by atoms with Crippen molar-refractivity contribution in [3.05, 3.63) is 70.8 Å². The molecule has 2 rings (SSSR count). The zero-order chi connectivity index (χ0) is 24.4. The molecule has 0 radical (unpaired) electrons. The van der Waals surface area contributed by atoms with Crippen LogP contribution in [0.3, 0.4) is 0 Å². The fraction of sp³-hybridized carbons (Fsp3) is 0.462. The molecule has 0 amide bonds. The highest BCUT2D eigenvalue weighted by Gasteiger charge is 2.26. The van der Waals surface area contributed by atoms with E-state index in [1.165, 1.54) is 34.1 Å². The second kappa shape index (κ2) is 12.5. The number of hydrogen-bond acceptors (Lipinski definition) is 5. The van der Waals surface area contributed by atoms with Crippen molar-refractivity contribution in [3.63, 3.8) is 0 Å². The normalized spacial score (nSPS) is 11.1. The number of ketones is 2. The molecule has 0 aliphatic carbocycles. The van der Waals surface area contributed by atoms with E-state index in [0.717, 1.165) is 0 Å². The summed E-state index contributed by atoms with van der Waals surface area (Å²) < 4.78 is 0. The van der Waals surface area contributed by atoms with Crippen LogP contribution in [-0.4, -0.2) is 38.1 Å². The molecule has 0 unspecified atom stereocenters. The summed E-state index contributed by atoms with van der Waals surface area (Å²) in [6.45, 7) is 14.0. The molecule has 31 heavy (non-hydrogen) atoms. The van der Waals surface area contributed by atoms with E-state index < -0.39 is 28.9 Å². The highest BCUT2D eigenvalue weighted by Crippen LogP contribution is 2.24. The first-order valence-corrected chi connectivity index (χ1v) is 10.7. The van der Waals surface area contributed by atoms with Crippen LogP contribution >= 0.6 is 0 Å². The van der Waals surface area contributed by atoms with E-state index in [9.17, 15) is 24.9 Å². The van der Waals surface area contributed by atoms with Gasteiger partial charge in [-0.1, -0.05) is 82.6 Å². The maximum Gasteiger partial charge on any atom is 0.193 e. The lowest BCUT2D eigenvalue weighted by Crippen LogP contribution is -2.31. The lowest BCUT2D eigenvalue weighted by molar-refractivity contribution is 0.0487. The van der Waals surface area contributed by atoms with Gasteiger partial charge in [0.25, 0.3) is 0 Å². The van der Waals surface area contributed by atoms with E-state index in [0.29, 0.717) is 22.3 Å². The van der Waals surface area contributed by atoms with E-state index >= 15 is 0 Å². The van der Waals surface area contributed by atoms with E-state index in [-0.39, 0.29) is 0 Å². The molecule has 0 saturated heterocycles. The van der Waals surface area contributed by atoms with Crippen molar-refractivity contribution in [2.75, 3.05) is 0 Å². The highest BCUT2D eigenvalue weighted by atomic mass is 16.3. The van der Waals surface area contributed by atoms with Gasteiger partial charge >= 0.3 is 0 Å². The Bertz CT molecular complexity index is 737. The van der Waals surface area contributed by atoms with Gasteiger partial charge < -0.3 is 15.3 Å². The molecular weight excluding hydrogens is 392 g/mol. The van der Waals surface area contributed by atoms with Crippen molar-refractivity contribution in [2.24, 2.45) is 0 Å². The molecule has 172 valence electrons. The van der Waals surface area contributed by atoms with Gasteiger partial charge in [0.2, 0.25) is 0 Å². The average Bonchev–Trinajstić information content (AvgIpc) is 2.73. The lowest BCUT2D eigenvalue weighted by Gasteiger charge is -2.17. The Kier molecular flexibility index (Phi) is 11.6. The Balaban J connectivity index is 0.00000165. The summed E-state index contributed by atoms with van der Waals surface area (Å²) in [5.41, 5.74) is -1.02. The van der Waals surface area contributed by atoms with Crippen LogP contribution < -0.4 is 0 Å². The topological polar surface area (TPSA) is 94.8 Å². The first kappa shape index (κ1) is 28.7. The summed E-state index contributed by atoms with van der Waals surface area (Å²) in [6.07, 6.45) is 0.326. The molecular formula is C26H38O5. The predicted molar refractivity (Wildman–Crippen MR) is 126 cm³/mol. The van der Waals surface area contributed by atoms with Gasteiger partial charge in [-0.3, -0.25) is 9.59 Å². The van der Waals surface area contributed by atoms with E-state index in [1.54, 1.807) is 48.5 Å².